The van der Waals surface area contributed by atoms with E-state index in [1.807, 2.05) is 64.1 Å². The van der Waals surface area contributed by atoms with Crippen molar-refractivity contribution >= 4 is 62.6 Å². The van der Waals surface area contributed by atoms with Crippen molar-refractivity contribution in [2.24, 2.45) is 7.05 Å². The number of ether oxygens (including phenoxy) is 3. The Labute approximate surface area is 353 Å². The van der Waals surface area contributed by atoms with Crippen LogP contribution < -0.4 is 14.4 Å². The summed E-state index contributed by atoms with van der Waals surface area (Å²) in [7, 11) is 1.72. The Kier molecular flexibility index (Phi) is 11.4. The second-order valence-corrected chi connectivity index (χ2v) is 16.4. The van der Waals surface area contributed by atoms with E-state index in [2.05, 4.69) is 26.4 Å². The van der Waals surface area contributed by atoms with Crippen molar-refractivity contribution < 1.29 is 28.9 Å². The lowest BCUT2D eigenvalue weighted by molar-refractivity contribution is 0.0322. The third-order valence-electron chi connectivity index (χ3n) is 11.7. The van der Waals surface area contributed by atoms with Gasteiger partial charge in [0, 0.05) is 83.6 Å². The molecule has 59 heavy (non-hydrogen) atoms. The van der Waals surface area contributed by atoms with Crippen LogP contribution in [-0.4, -0.2) is 93.6 Å². The van der Waals surface area contributed by atoms with Gasteiger partial charge in [0.1, 0.15) is 35.8 Å². The minimum atomic E-state index is -1.06. The molecule has 1 saturated heterocycles. The first-order chi connectivity index (χ1) is 28.3. The van der Waals surface area contributed by atoms with Crippen molar-refractivity contribution in [2.75, 3.05) is 57.5 Å². The highest BCUT2D eigenvalue weighted by molar-refractivity contribution is 6.35. The number of anilines is 1. The van der Waals surface area contributed by atoms with Crippen molar-refractivity contribution in [3.8, 4) is 22.6 Å². The Morgan fingerprint density at radius 1 is 0.915 bits per heavy atom. The first-order valence-electron chi connectivity index (χ1n) is 20.0. The molecule has 8 rings (SSSR count). The topological polar surface area (TPSA) is 124 Å². The number of amides is 1. The van der Waals surface area contributed by atoms with Gasteiger partial charge >= 0.3 is 5.97 Å². The molecule has 5 heterocycles. The van der Waals surface area contributed by atoms with Crippen molar-refractivity contribution in [3.63, 3.8) is 0 Å². The Morgan fingerprint density at radius 2 is 1.59 bits per heavy atom. The van der Waals surface area contributed by atoms with Crippen molar-refractivity contribution in [3.05, 3.63) is 98.3 Å². The number of benzene rings is 3. The molecule has 0 bridgehead atoms. The predicted octanol–water partition coefficient (Wildman–Crippen LogP) is 8.77. The molecule has 2 aliphatic heterocycles. The molecule has 0 aliphatic carbocycles. The van der Waals surface area contributed by atoms with Crippen LogP contribution in [-0.2, 0) is 18.2 Å². The van der Waals surface area contributed by atoms with E-state index < -0.39 is 5.97 Å². The molecular formula is C45H48Cl2N6O6. The molecule has 0 radical (unpaired) electrons. The number of carbonyl (C=O) groups is 2. The number of carbonyl (C=O) groups excluding carboxylic acids is 1. The number of halogens is 2. The summed E-state index contributed by atoms with van der Waals surface area (Å²) in [5.41, 5.74) is 8.69. The maximum Gasteiger partial charge on any atom is 0.352 e. The van der Waals surface area contributed by atoms with E-state index in [4.69, 9.17) is 37.4 Å². The van der Waals surface area contributed by atoms with Crippen LogP contribution in [0.25, 0.3) is 32.9 Å². The summed E-state index contributed by atoms with van der Waals surface area (Å²) in [5, 5.41) is 13.0. The first-order valence-corrected chi connectivity index (χ1v) is 20.7. The standard InChI is InChI=1S/C45H48Cl2N6O6/c1-25-18-31(19-26(2)40(25)47)58-14-7-8-33-34-9-10-35(46)39(38-28(4)48-24-49-29(38)5)42(34)53-27(3)23-52(44(54)43(33)53)36-22-32(59-17-13-51-11-15-57-16-12-51)20-30-21-37(45(55)56)50(6)41(30)36/h9-10,18-22,24,27H,7-8,11-17,23H2,1-6H3,(H,55,56). The van der Waals surface area contributed by atoms with E-state index in [0.29, 0.717) is 85.4 Å². The second kappa shape index (κ2) is 16.5. The fourth-order valence-electron chi connectivity index (χ4n) is 8.82. The predicted molar refractivity (Wildman–Crippen MR) is 231 cm³/mol. The first kappa shape index (κ1) is 40.6. The molecule has 0 saturated carbocycles. The Morgan fingerprint density at radius 3 is 2.29 bits per heavy atom. The van der Waals surface area contributed by atoms with Crippen LogP contribution >= 0.6 is 23.2 Å². The van der Waals surface area contributed by atoms with Crippen LogP contribution in [0.3, 0.4) is 0 Å². The Balaban J connectivity index is 1.24. The molecule has 3 aromatic heterocycles. The highest BCUT2D eigenvalue weighted by atomic mass is 35.5. The number of carboxylic acid groups (broad SMARTS) is 1. The van der Waals surface area contributed by atoms with E-state index in [9.17, 15) is 9.90 Å². The summed E-state index contributed by atoms with van der Waals surface area (Å²) in [4.78, 5) is 41.0. The molecule has 14 heteroatoms. The third-order valence-corrected chi connectivity index (χ3v) is 12.6. The van der Waals surface area contributed by atoms with Crippen LogP contribution in [0, 0.1) is 27.7 Å². The van der Waals surface area contributed by atoms with Crippen LogP contribution in [0.4, 0.5) is 5.69 Å². The fourth-order valence-corrected chi connectivity index (χ4v) is 9.18. The number of nitrogens with zero attached hydrogens (tertiary/aromatic N) is 6. The number of aromatic carboxylic acids is 1. The minimum Gasteiger partial charge on any atom is -0.494 e. The Bertz CT molecular complexity index is 2590. The lowest BCUT2D eigenvalue weighted by Gasteiger charge is -2.35. The van der Waals surface area contributed by atoms with E-state index in [-0.39, 0.29) is 17.6 Å². The molecule has 3 aromatic carbocycles. The maximum atomic E-state index is 15.4. The summed E-state index contributed by atoms with van der Waals surface area (Å²) in [6.07, 6.45) is 2.71. The van der Waals surface area contributed by atoms with Crippen molar-refractivity contribution in [1.29, 1.82) is 0 Å². The van der Waals surface area contributed by atoms with Gasteiger partial charge in [-0.05, 0) is 94.5 Å². The van der Waals surface area contributed by atoms with Gasteiger partial charge in [0.2, 0.25) is 0 Å². The third kappa shape index (κ3) is 7.52. The van der Waals surface area contributed by atoms with Gasteiger partial charge in [0.05, 0.1) is 41.6 Å². The molecule has 6 aromatic rings. The fraction of sp³-hybridized carbons (Fsp3) is 0.378. The highest BCUT2D eigenvalue weighted by Gasteiger charge is 2.38. The summed E-state index contributed by atoms with van der Waals surface area (Å²) in [6, 6.07) is 12.9. The molecule has 308 valence electrons. The van der Waals surface area contributed by atoms with Gasteiger partial charge in [0.25, 0.3) is 5.91 Å². The quantitative estimate of drug-likeness (QED) is 0.121. The summed E-state index contributed by atoms with van der Waals surface area (Å²) in [6.45, 7) is 14.8. The molecular weight excluding hydrogens is 791 g/mol. The number of aryl methyl sites for hydroxylation is 6. The lowest BCUT2D eigenvalue weighted by atomic mass is 9.97. The number of fused-ring (bicyclic) bond motifs is 4. The smallest absolute Gasteiger partial charge is 0.352 e. The number of hydrogen-bond acceptors (Lipinski definition) is 8. The van der Waals surface area contributed by atoms with Crippen molar-refractivity contribution in [2.45, 2.75) is 53.5 Å². The monoisotopic (exact) mass is 838 g/mol. The summed E-state index contributed by atoms with van der Waals surface area (Å²) < 4.78 is 21.9. The second-order valence-electron chi connectivity index (χ2n) is 15.6. The van der Waals surface area contributed by atoms with E-state index in [0.717, 1.165) is 74.0 Å². The molecule has 12 nitrogen and oxygen atoms in total. The number of morpholine rings is 1. The number of hydrogen-bond donors (Lipinski definition) is 1. The van der Waals surface area contributed by atoms with Gasteiger partial charge in [-0.25, -0.2) is 14.8 Å². The van der Waals surface area contributed by atoms with Gasteiger partial charge in [-0.2, -0.15) is 0 Å². The zero-order chi connectivity index (χ0) is 41.7. The van der Waals surface area contributed by atoms with Crippen LogP contribution in [0.1, 0.15) is 68.4 Å². The zero-order valence-corrected chi connectivity index (χ0v) is 35.7. The normalized spacial score (nSPS) is 16.0. The molecule has 0 spiro atoms. The van der Waals surface area contributed by atoms with Crippen LogP contribution in [0.5, 0.6) is 11.5 Å². The maximum absolute atomic E-state index is 15.4. The van der Waals surface area contributed by atoms with Gasteiger partial charge in [-0.15, -0.1) is 0 Å². The zero-order valence-electron chi connectivity index (χ0n) is 34.2. The average Bonchev–Trinajstić information content (AvgIpc) is 3.73. The molecule has 1 unspecified atom stereocenters. The van der Waals surface area contributed by atoms with Crippen LogP contribution in [0.15, 0.2) is 48.8 Å². The van der Waals surface area contributed by atoms with Gasteiger partial charge < -0.3 is 33.4 Å². The average molecular weight is 840 g/mol. The van der Waals surface area contributed by atoms with E-state index >= 15 is 4.79 Å². The number of aromatic nitrogens is 4. The SMILES string of the molecule is Cc1cc(OCCCc2c3n(c4c(-c5c(C)ncnc5C)c(Cl)ccc24)C(C)CN(c2cc(OCCN4CCOCC4)cc4cc(C(=O)O)n(C)c24)C3=O)cc(C)c1Cl. The van der Waals surface area contributed by atoms with Crippen molar-refractivity contribution in [1.82, 2.24) is 24.0 Å². The number of carboxylic acids is 1. The van der Waals surface area contributed by atoms with Gasteiger partial charge in [-0.1, -0.05) is 29.3 Å². The molecule has 1 N–H and O–H groups in total. The highest BCUT2D eigenvalue weighted by Crippen LogP contribution is 2.46. The molecule has 1 atom stereocenters. The number of rotatable bonds is 12. The van der Waals surface area contributed by atoms with Crippen LogP contribution in [0.2, 0.25) is 10.0 Å². The molecule has 1 amide bonds. The minimum absolute atomic E-state index is 0.111. The van der Waals surface area contributed by atoms with E-state index in [1.54, 1.807) is 28.9 Å². The van der Waals surface area contributed by atoms with Gasteiger partial charge in [0.15, 0.2) is 0 Å². The summed E-state index contributed by atoms with van der Waals surface area (Å²) >= 11 is 13.6. The lowest BCUT2D eigenvalue weighted by Crippen LogP contribution is -2.43. The Hall–Kier alpha value is -5.14. The molecule has 2 aliphatic rings. The largest absolute Gasteiger partial charge is 0.494 e. The molecule has 1 fully saturated rings. The summed E-state index contributed by atoms with van der Waals surface area (Å²) in [5.74, 6) is 0.0385. The van der Waals surface area contributed by atoms with Gasteiger partial charge in [-0.3, -0.25) is 9.69 Å². The van der Waals surface area contributed by atoms with E-state index in [1.165, 1.54) is 0 Å².